The van der Waals surface area contributed by atoms with E-state index in [1.165, 1.54) is 16.7 Å². The summed E-state index contributed by atoms with van der Waals surface area (Å²) in [7, 11) is 0. The molecule has 0 bridgehead atoms. The molecule has 0 amide bonds. The summed E-state index contributed by atoms with van der Waals surface area (Å²) in [6.07, 6.45) is 7.42. The predicted molar refractivity (Wildman–Crippen MR) is 69.8 cm³/mol. The van der Waals surface area contributed by atoms with Crippen molar-refractivity contribution in [1.82, 2.24) is 0 Å². The molecule has 1 aromatic rings. The Kier molecular flexibility index (Phi) is 4.36. The molecule has 1 rings (SSSR count). The van der Waals surface area contributed by atoms with E-state index < -0.39 is 0 Å². The normalized spacial score (nSPS) is 11.2. The lowest BCUT2D eigenvalue weighted by Crippen LogP contribution is -1.86. The van der Waals surface area contributed by atoms with Gasteiger partial charge in [-0.3, -0.25) is 0 Å². The van der Waals surface area contributed by atoms with E-state index in [-0.39, 0.29) is 0 Å². The summed E-state index contributed by atoms with van der Waals surface area (Å²) in [6, 6.07) is 6.56. The first kappa shape index (κ1) is 11.8. The first-order valence-electron chi connectivity index (χ1n) is 5.61. The summed E-state index contributed by atoms with van der Waals surface area (Å²) in [5.74, 6) is 0.591. The monoisotopic (exact) mass is 200 g/mol. The topological polar surface area (TPSA) is 0 Å². The van der Waals surface area contributed by atoms with Crippen molar-refractivity contribution in [2.75, 3.05) is 0 Å². The van der Waals surface area contributed by atoms with Crippen LogP contribution in [0.4, 0.5) is 0 Å². The summed E-state index contributed by atoms with van der Waals surface area (Å²) < 4.78 is 0. The van der Waals surface area contributed by atoms with Gasteiger partial charge >= 0.3 is 0 Å². The van der Waals surface area contributed by atoms with Gasteiger partial charge in [-0.1, -0.05) is 63.8 Å². The van der Waals surface area contributed by atoms with Gasteiger partial charge in [-0.05, 0) is 29.0 Å². The maximum absolute atomic E-state index is 3.84. The molecule has 0 heterocycles. The molecule has 0 N–H and O–H groups in total. The number of allylic oxidation sites excluding steroid dienone is 1. The van der Waals surface area contributed by atoms with Crippen LogP contribution < -0.4 is 0 Å². The average Bonchev–Trinajstić information content (AvgIpc) is 2.25. The van der Waals surface area contributed by atoms with Crippen LogP contribution >= 0.6 is 0 Å². The minimum Gasteiger partial charge on any atom is -0.0984 e. The first-order chi connectivity index (χ1) is 7.17. The lowest BCUT2D eigenvalue weighted by Gasteiger charge is -2.04. The molecule has 15 heavy (non-hydrogen) atoms. The Balaban J connectivity index is 3.06. The molecule has 0 saturated heterocycles. The number of aryl methyl sites for hydroxylation is 1. The summed E-state index contributed by atoms with van der Waals surface area (Å²) in [5, 5.41) is 0. The number of hydrogen-bond donors (Lipinski definition) is 0. The second-order valence-electron chi connectivity index (χ2n) is 4.12. The Morgan fingerprint density at radius 3 is 2.53 bits per heavy atom. The lowest BCUT2D eigenvalue weighted by atomic mass is 10.0. The van der Waals surface area contributed by atoms with E-state index in [1.807, 2.05) is 6.08 Å². The highest BCUT2D eigenvalue weighted by Crippen LogP contribution is 2.16. The molecule has 0 saturated carbocycles. The molecule has 0 radical (unpaired) electrons. The average molecular weight is 200 g/mol. The van der Waals surface area contributed by atoms with E-state index in [4.69, 9.17) is 0 Å². The van der Waals surface area contributed by atoms with Gasteiger partial charge in [0.1, 0.15) is 0 Å². The SMILES string of the molecule is C=Cc1ccc(CC)cc1/C=C\C(C)C. The maximum Gasteiger partial charge on any atom is -0.0185 e. The molecule has 80 valence electrons. The zero-order valence-corrected chi connectivity index (χ0v) is 9.96. The van der Waals surface area contributed by atoms with Crippen LogP contribution in [0.3, 0.4) is 0 Å². The number of hydrogen-bond acceptors (Lipinski definition) is 0. The molecule has 0 aliphatic heterocycles. The van der Waals surface area contributed by atoms with Gasteiger partial charge in [0, 0.05) is 0 Å². The van der Waals surface area contributed by atoms with Gasteiger partial charge in [0.25, 0.3) is 0 Å². The minimum atomic E-state index is 0.591. The van der Waals surface area contributed by atoms with E-state index in [9.17, 15) is 0 Å². The van der Waals surface area contributed by atoms with Crippen molar-refractivity contribution in [3.63, 3.8) is 0 Å². The molecule has 0 unspecified atom stereocenters. The second kappa shape index (κ2) is 5.55. The fraction of sp³-hybridized carbons (Fsp3) is 0.333. The maximum atomic E-state index is 3.84. The molecule has 0 aromatic heterocycles. The van der Waals surface area contributed by atoms with E-state index >= 15 is 0 Å². The first-order valence-corrected chi connectivity index (χ1v) is 5.61. The number of benzene rings is 1. The second-order valence-corrected chi connectivity index (χ2v) is 4.12. The lowest BCUT2D eigenvalue weighted by molar-refractivity contribution is 0.836. The van der Waals surface area contributed by atoms with Crippen molar-refractivity contribution in [2.45, 2.75) is 27.2 Å². The van der Waals surface area contributed by atoms with Crippen LogP contribution in [0.5, 0.6) is 0 Å². The molecule has 0 aliphatic carbocycles. The molecule has 0 fully saturated rings. The molecular formula is C15H20. The Labute approximate surface area is 93.3 Å². The van der Waals surface area contributed by atoms with E-state index in [1.54, 1.807) is 0 Å². The molecule has 1 aromatic carbocycles. The fourth-order valence-electron chi connectivity index (χ4n) is 1.47. The van der Waals surface area contributed by atoms with Crippen LogP contribution in [0.2, 0.25) is 0 Å². The van der Waals surface area contributed by atoms with Crippen LogP contribution in [-0.2, 0) is 6.42 Å². The smallest absolute Gasteiger partial charge is 0.0185 e. The van der Waals surface area contributed by atoms with Crippen molar-refractivity contribution in [2.24, 2.45) is 5.92 Å². The van der Waals surface area contributed by atoms with Gasteiger partial charge in [-0.2, -0.15) is 0 Å². The molecule has 0 nitrogen and oxygen atoms in total. The van der Waals surface area contributed by atoms with Gasteiger partial charge < -0.3 is 0 Å². The van der Waals surface area contributed by atoms with E-state index in [2.05, 4.69) is 57.7 Å². The third-order valence-corrected chi connectivity index (χ3v) is 2.44. The molecule has 0 atom stereocenters. The predicted octanol–water partition coefficient (Wildman–Crippen LogP) is 4.56. The summed E-state index contributed by atoms with van der Waals surface area (Å²) in [5.41, 5.74) is 3.87. The zero-order valence-electron chi connectivity index (χ0n) is 9.96. The van der Waals surface area contributed by atoms with Crippen LogP contribution in [0.25, 0.3) is 12.2 Å². The highest BCUT2D eigenvalue weighted by atomic mass is 14.0. The van der Waals surface area contributed by atoms with E-state index in [0.717, 1.165) is 6.42 Å². The quantitative estimate of drug-likeness (QED) is 0.668. The van der Waals surface area contributed by atoms with Crippen LogP contribution in [0, 0.1) is 5.92 Å². The summed E-state index contributed by atoms with van der Waals surface area (Å²) in [4.78, 5) is 0. The third-order valence-electron chi connectivity index (χ3n) is 2.44. The van der Waals surface area contributed by atoms with Crippen molar-refractivity contribution >= 4 is 12.2 Å². The van der Waals surface area contributed by atoms with Crippen LogP contribution in [0.1, 0.15) is 37.5 Å². The Bertz CT molecular complexity index is 356. The van der Waals surface area contributed by atoms with E-state index in [0.29, 0.717) is 5.92 Å². The van der Waals surface area contributed by atoms with Gasteiger partial charge in [0.05, 0.1) is 0 Å². The molecule has 0 heteroatoms. The van der Waals surface area contributed by atoms with Crippen LogP contribution in [0.15, 0.2) is 30.9 Å². The zero-order chi connectivity index (χ0) is 11.3. The van der Waals surface area contributed by atoms with Gasteiger partial charge in [-0.25, -0.2) is 0 Å². The highest BCUT2D eigenvalue weighted by molar-refractivity contribution is 5.65. The number of rotatable bonds is 4. The van der Waals surface area contributed by atoms with Gasteiger partial charge in [0.2, 0.25) is 0 Å². The standard InChI is InChI=1S/C15H20/c1-5-13-8-10-14(6-2)15(11-13)9-7-12(3)4/h6-12H,2,5H2,1,3-4H3/b9-7-. The fourth-order valence-corrected chi connectivity index (χ4v) is 1.47. The van der Waals surface area contributed by atoms with Gasteiger partial charge in [-0.15, -0.1) is 0 Å². The van der Waals surface area contributed by atoms with Crippen molar-refractivity contribution in [3.8, 4) is 0 Å². The Hall–Kier alpha value is -1.30. The van der Waals surface area contributed by atoms with Crippen molar-refractivity contribution < 1.29 is 0 Å². The van der Waals surface area contributed by atoms with Crippen molar-refractivity contribution in [3.05, 3.63) is 47.5 Å². The minimum absolute atomic E-state index is 0.591. The Morgan fingerprint density at radius 2 is 2.00 bits per heavy atom. The highest BCUT2D eigenvalue weighted by Gasteiger charge is 1.97. The van der Waals surface area contributed by atoms with Crippen molar-refractivity contribution in [1.29, 1.82) is 0 Å². The summed E-state index contributed by atoms with van der Waals surface area (Å²) >= 11 is 0. The third kappa shape index (κ3) is 3.39. The Morgan fingerprint density at radius 1 is 1.27 bits per heavy atom. The van der Waals surface area contributed by atoms with Gasteiger partial charge in [0.15, 0.2) is 0 Å². The molecule has 0 spiro atoms. The molecule has 0 aliphatic rings. The van der Waals surface area contributed by atoms with Crippen LogP contribution in [-0.4, -0.2) is 0 Å². The summed E-state index contributed by atoms with van der Waals surface area (Å²) in [6.45, 7) is 10.4. The molecular weight excluding hydrogens is 180 g/mol. The largest absolute Gasteiger partial charge is 0.0984 e.